The zero-order valence-electron chi connectivity index (χ0n) is 21.8. The minimum atomic E-state index is -0.712. The molecule has 0 aromatic carbocycles. The maximum Gasteiger partial charge on any atom is 0.331 e. The number of rotatable bonds is 12. The highest BCUT2D eigenvalue weighted by molar-refractivity contribution is 5.91. The van der Waals surface area contributed by atoms with Crippen LogP contribution >= 0.6 is 0 Å². The van der Waals surface area contributed by atoms with Gasteiger partial charge in [0.05, 0.1) is 12.1 Å². The number of carbonyl (C=O) groups excluding carboxylic acids is 4. The van der Waals surface area contributed by atoms with Gasteiger partial charge in [0.2, 0.25) is 0 Å². The van der Waals surface area contributed by atoms with E-state index in [2.05, 4.69) is 21.3 Å². The van der Waals surface area contributed by atoms with E-state index in [1.54, 1.807) is 13.8 Å². The van der Waals surface area contributed by atoms with Crippen molar-refractivity contribution in [1.82, 2.24) is 21.3 Å². The first-order valence-electron chi connectivity index (χ1n) is 13.4. The molecule has 10 heteroatoms. The van der Waals surface area contributed by atoms with Crippen molar-refractivity contribution in [2.75, 3.05) is 26.3 Å². The maximum absolute atomic E-state index is 12.0. The minimum Gasteiger partial charge on any atom is -0.460 e. The second-order valence-corrected chi connectivity index (χ2v) is 10.1. The summed E-state index contributed by atoms with van der Waals surface area (Å²) in [6.45, 7) is 4.72. The molecule has 0 aliphatic heterocycles. The number of nitrogens with one attached hydrogen (secondary N) is 4. The predicted octanol–water partition coefficient (Wildman–Crippen LogP) is 3.17. The Morgan fingerprint density at radius 3 is 1.39 bits per heavy atom. The third-order valence-corrected chi connectivity index (χ3v) is 6.61. The van der Waals surface area contributed by atoms with Crippen molar-refractivity contribution in [1.29, 1.82) is 0 Å². The van der Waals surface area contributed by atoms with Crippen molar-refractivity contribution in [3.05, 3.63) is 12.2 Å². The summed E-state index contributed by atoms with van der Waals surface area (Å²) in [5, 5.41) is 11.2. The van der Waals surface area contributed by atoms with E-state index >= 15 is 0 Å². The summed E-state index contributed by atoms with van der Waals surface area (Å²) in [6.07, 6.45) is 14.0. The minimum absolute atomic E-state index is 0.0218. The van der Waals surface area contributed by atoms with Crippen molar-refractivity contribution in [2.24, 2.45) is 11.8 Å². The van der Waals surface area contributed by atoms with Crippen LogP contribution in [0.1, 0.15) is 78.1 Å². The Balaban J connectivity index is 1.52. The van der Waals surface area contributed by atoms with E-state index in [-0.39, 0.29) is 37.4 Å². The molecular weight excluding hydrogens is 464 g/mol. The molecule has 2 atom stereocenters. The van der Waals surface area contributed by atoms with Gasteiger partial charge in [-0.15, -0.1) is 0 Å². The fraction of sp³-hybridized carbons (Fsp3) is 0.769. The van der Waals surface area contributed by atoms with Crippen molar-refractivity contribution in [3.8, 4) is 0 Å². The summed E-state index contributed by atoms with van der Waals surface area (Å²) in [5.41, 5.74) is 0. The smallest absolute Gasteiger partial charge is 0.331 e. The highest BCUT2D eigenvalue weighted by atomic mass is 16.5. The van der Waals surface area contributed by atoms with E-state index in [9.17, 15) is 19.2 Å². The molecule has 0 bridgehead atoms. The van der Waals surface area contributed by atoms with Crippen LogP contribution in [0.2, 0.25) is 0 Å². The molecular formula is C26H44N4O6. The molecule has 0 unspecified atom stereocenters. The Morgan fingerprint density at radius 2 is 1.03 bits per heavy atom. The van der Waals surface area contributed by atoms with Crippen LogP contribution in [0.4, 0.5) is 9.59 Å². The molecule has 4 N–H and O–H groups in total. The largest absolute Gasteiger partial charge is 0.460 e. The zero-order valence-corrected chi connectivity index (χ0v) is 21.8. The molecule has 0 heterocycles. The number of carbonyl (C=O) groups is 4. The second-order valence-electron chi connectivity index (χ2n) is 10.1. The summed E-state index contributed by atoms with van der Waals surface area (Å²) < 4.78 is 10.1. The zero-order chi connectivity index (χ0) is 26.2. The van der Waals surface area contributed by atoms with Gasteiger partial charge in [0.15, 0.2) is 0 Å². The Kier molecular flexibility index (Phi) is 13.8. The van der Waals surface area contributed by atoms with E-state index in [1.807, 2.05) is 0 Å². The van der Waals surface area contributed by atoms with Gasteiger partial charge in [-0.05, 0) is 51.4 Å². The quantitative estimate of drug-likeness (QED) is 0.236. The molecule has 204 valence electrons. The van der Waals surface area contributed by atoms with Gasteiger partial charge in [0.1, 0.15) is 13.2 Å². The Labute approximate surface area is 214 Å². The molecule has 2 saturated carbocycles. The average molecular weight is 509 g/mol. The third-order valence-electron chi connectivity index (χ3n) is 6.61. The first-order chi connectivity index (χ1) is 17.3. The van der Waals surface area contributed by atoms with Crippen LogP contribution < -0.4 is 21.3 Å². The lowest BCUT2D eigenvalue weighted by atomic mass is 9.89. The predicted molar refractivity (Wildman–Crippen MR) is 136 cm³/mol. The van der Waals surface area contributed by atoms with Crippen LogP contribution in [0, 0.1) is 11.8 Å². The molecule has 4 amide bonds. The highest BCUT2D eigenvalue weighted by Crippen LogP contribution is 2.23. The number of ether oxygens (including phenoxy) is 2. The lowest BCUT2D eigenvalue weighted by molar-refractivity contribution is -0.141. The van der Waals surface area contributed by atoms with E-state index < -0.39 is 11.9 Å². The third kappa shape index (κ3) is 13.3. The molecule has 0 spiro atoms. The molecule has 2 rings (SSSR count). The summed E-state index contributed by atoms with van der Waals surface area (Å²) in [4.78, 5) is 47.7. The van der Waals surface area contributed by atoms with E-state index in [0.717, 1.165) is 37.8 Å². The lowest BCUT2D eigenvalue weighted by Gasteiger charge is -2.22. The Morgan fingerprint density at radius 1 is 0.667 bits per heavy atom. The normalized spacial score (nSPS) is 18.6. The van der Waals surface area contributed by atoms with Gasteiger partial charge in [0, 0.05) is 25.2 Å². The fourth-order valence-electron chi connectivity index (χ4n) is 4.54. The standard InChI is InChI=1S/C26H44N4O6/c1-19(29-25(33)27-15-21-9-5-3-6-10-21)17-35-23(31)13-14-24(32)36-18-20(2)30-26(34)28-16-22-11-7-4-8-12-22/h13-14,19-22H,3-12,15-18H2,1-2H3,(H2,27,29,33)(H2,28,30,34)/b14-13+/t19-,20-/m0/s1. The molecule has 0 aromatic heterocycles. The van der Waals surface area contributed by atoms with Crippen molar-refractivity contribution < 1.29 is 28.7 Å². The first kappa shape index (κ1) is 29.5. The van der Waals surface area contributed by atoms with Gasteiger partial charge < -0.3 is 30.7 Å². The van der Waals surface area contributed by atoms with Gasteiger partial charge in [-0.3, -0.25) is 0 Å². The molecule has 2 aliphatic carbocycles. The summed E-state index contributed by atoms with van der Waals surface area (Å²) in [7, 11) is 0. The van der Waals surface area contributed by atoms with Crippen LogP contribution in [-0.4, -0.2) is 62.4 Å². The van der Waals surface area contributed by atoms with Crippen LogP contribution in [0.25, 0.3) is 0 Å². The topological polar surface area (TPSA) is 135 Å². The monoisotopic (exact) mass is 508 g/mol. The molecule has 2 aliphatic rings. The maximum atomic E-state index is 12.0. The summed E-state index contributed by atoms with van der Waals surface area (Å²) >= 11 is 0. The Bertz CT molecular complexity index is 672. The Hall–Kier alpha value is -2.78. The van der Waals surface area contributed by atoms with Crippen molar-refractivity contribution in [2.45, 2.75) is 90.1 Å². The van der Waals surface area contributed by atoms with Crippen LogP contribution in [-0.2, 0) is 19.1 Å². The number of hydrogen-bond donors (Lipinski definition) is 4. The summed E-state index contributed by atoms with van der Waals surface area (Å²) in [5.74, 6) is -0.359. The average Bonchev–Trinajstić information content (AvgIpc) is 2.88. The lowest BCUT2D eigenvalue weighted by Crippen LogP contribution is -2.44. The first-order valence-corrected chi connectivity index (χ1v) is 13.4. The van der Waals surface area contributed by atoms with Crippen molar-refractivity contribution in [3.63, 3.8) is 0 Å². The molecule has 10 nitrogen and oxygen atoms in total. The molecule has 0 radical (unpaired) electrons. The highest BCUT2D eigenvalue weighted by Gasteiger charge is 2.17. The van der Waals surface area contributed by atoms with Crippen LogP contribution in [0.5, 0.6) is 0 Å². The number of esters is 2. The van der Waals surface area contributed by atoms with Crippen LogP contribution in [0.15, 0.2) is 12.2 Å². The van der Waals surface area contributed by atoms with Crippen LogP contribution in [0.3, 0.4) is 0 Å². The molecule has 0 aromatic rings. The van der Waals surface area contributed by atoms with E-state index in [1.165, 1.54) is 38.5 Å². The molecule has 2 fully saturated rings. The number of hydrogen-bond acceptors (Lipinski definition) is 6. The summed E-state index contributed by atoms with van der Waals surface area (Å²) in [6, 6.07) is -1.32. The second kappa shape index (κ2) is 16.8. The number of amides is 4. The molecule has 36 heavy (non-hydrogen) atoms. The van der Waals surface area contributed by atoms with Crippen molar-refractivity contribution >= 4 is 24.0 Å². The SMILES string of the molecule is C[C@@H](COC(=O)/C=C/C(=O)OC[C@H](C)NC(=O)NCC1CCCCC1)NC(=O)NCC1CCCCC1. The van der Waals surface area contributed by atoms with Gasteiger partial charge in [-0.25, -0.2) is 19.2 Å². The van der Waals surface area contributed by atoms with Gasteiger partial charge in [-0.1, -0.05) is 38.5 Å². The van der Waals surface area contributed by atoms with E-state index in [0.29, 0.717) is 24.9 Å². The van der Waals surface area contributed by atoms with Gasteiger partial charge >= 0.3 is 24.0 Å². The number of urea groups is 2. The van der Waals surface area contributed by atoms with E-state index in [4.69, 9.17) is 9.47 Å². The fourth-order valence-corrected chi connectivity index (χ4v) is 4.54. The molecule has 0 saturated heterocycles. The van der Waals surface area contributed by atoms with Gasteiger partial charge in [-0.2, -0.15) is 0 Å². The van der Waals surface area contributed by atoms with Gasteiger partial charge in [0.25, 0.3) is 0 Å².